The molecule has 0 aliphatic carbocycles. The van der Waals surface area contributed by atoms with Crippen LogP contribution in [0.2, 0.25) is 0 Å². The molecule has 0 unspecified atom stereocenters. The smallest absolute Gasteiger partial charge is 0.251 e. The van der Waals surface area contributed by atoms with Gasteiger partial charge in [-0.05, 0) is 56.2 Å². The summed E-state index contributed by atoms with van der Waals surface area (Å²) in [5, 5.41) is 24.6. The molecule has 1 atom stereocenters. The first-order valence-electron chi connectivity index (χ1n) is 11.4. The van der Waals surface area contributed by atoms with Gasteiger partial charge in [-0.15, -0.1) is 16.8 Å². The van der Waals surface area contributed by atoms with Gasteiger partial charge >= 0.3 is 0 Å². The van der Waals surface area contributed by atoms with Crippen molar-refractivity contribution in [2.45, 2.75) is 38.5 Å². The van der Waals surface area contributed by atoms with Crippen LogP contribution in [-0.4, -0.2) is 51.2 Å². The van der Waals surface area contributed by atoms with Crippen molar-refractivity contribution in [1.29, 1.82) is 0 Å². The minimum absolute atomic E-state index is 0.115. The van der Waals surface area contributed by atoms with Crippen LogP contribution in [-0.2, 0) is 11.3 Å². The largest absolute Gasteiger partial charge is 0.497 e. The number of aliphatic hydroxyl groups excluding tert-OH is 1. The number of amides is 2. The highest BCUT2D eigenvalue weighted by atomic mass is 32.2. The summed E-state index contributed by atoms with van der Waals surface area (Å²) in [4.78, 5) is 25.4. The fraction of sp³-hybridized carbons (Fsp3) is 0.308. The van der Waals surface area contributed by atoms with Crippen molar-refractivity contribution in [3.05, 3.63) is 77.1 Å². The van der Waals surface area contributed by atoms with Gasteiger partial charge in [0, 0.05) is 17.8 Å². The predicted molar refractivity (Wildman–Crippen MR) is 141 cm³/mol. The molecule has 0 fully saturated rings. The quantitative estimate of drug-likeness (QED) is 0.267. The van der Waals surface area contributed by atoms with Crippen LogP contribution >= 0.6 is 11.8 Å². The number of benzene rings is 2. The maximum Gasteiger partial charge on any atom is 0.251 e. The molecule has 0 saturated heterocycles. The van der Waals surface area contributed by atoms with E-state index in [4.69, 9.17) is 4.74 Å². The number of aromatic nitrogens is 3. The molecule has 0 radical (unpaired) electrons. The number of nitrogens with one attached hydrogen (secondary N) is 2. The zero-order chi connectivity index (χ0) is 26.2. The standard InChI is InChI=1S/C26H31N5O4S/c1-6-11-31-24(21(14-32)27-25(34)19-7-9-20(35-5)10-8-19)29-30-26(31)36-15-22(33)28-23-17(3)12-16(2)13-18(23)4/h6-10,12-13,21,32H,1,11,14-15H2,2-5H3,(H,27,34)(H,28,33)/t21-/m1/s1. The number of nitrogens with zero attached hydrogens (tertiary/aromatic N) is 3. The topological polar surface area (TPSA) is 118 Å². The number of anilines is 1. The summed E-state index contributed by atoms with van der Waals surface area (Å²) in [7, 11) is 1.55. The van der Waals surface area contributed by atoms with Crippen molar-refractivity contribution < 1.29 is 19.4 Å². The van der Waals surface area contributed by atoms with E-state index < -0.39 is 6.04 Å². The van der Waals surface area contributed by atoms with Crippen molar-refractivity contribution in [2.75, 3.05) is 24.8 Å². The number of aliphatic hydroxyl groups is 1. The number of allylic oxidation sites excluding steroid dienone is 1. The second kappa shape index (κ2) is 12.4. The van der Waals surface area contributed by atoms with E-state index in [1.165, 1.54) is 11.8 Å². The van der Waals surface area contributed by atoms with Crippen molar-refractivity contribution in [1.82, 2.24) is 20.1 Å². The number of carbonyl (C=O) groups is 2. The number of hydrogen-bond acceptors (Lipinski definition) is 7. The molecule has 3 aromatic rings. The highest BCUT2D eigenvalue weighted by Gasteiger charge is 2.23. The van der Waals surface area contributed by atoms with Crippen molar-refractivity contribution >= 4 is 29.3 Å². The number of hydrogen-bond donors (Lipinski definition) is 3. The van der Waals surface area contributed by atoms with Crippen LogP contribution in [0.3, 0.4) is 0 Å². The minimum atomic E-state index is -0.798. The summed E-state index contributed by atoms with van der Waals surface area (Å²) >= 11 is 1.22. The maximum atomic E-state index is 12.7. The van der Waals surface area contributed by atoms with Crippen LogP contribution in [0.15, 0.2) is 54.2 Å². The Morgan fingerprint density at radius 1 is 1.17 bits per heavy atom. The van der Waals surface area contributed by atoms with Crippen molar-refractivity contribution in [3.63, 3.8) is 0 Å². The first-order chi connectivity index (χ1) is 17.3. The molecule has 1 heterocycles. The van der Waals surface area contributed by atoms with E-state index >= 15 is 0 Å². The fourth-order valence-electron chi connectivity index (χ4n) is 3.82. The molecule has 2 aromatic carbocycles. The van der Waals surface area contributed by atoms with E-state index in [0.29, 0.717) is 28.8 Å². The summed E-state index contributed by atoms with van der Waals surface area (Å²) in [6.07, 6.45) is 1.66. The van der Waals surface area contributed by atoms with Gasteiger partial charge in [0.1, 0.15) is 11.8 Å². The summed E-state index contributed by atoms with van der Waals surface area (Å²) in [6.45, 7) is 9.69. The Balaban J connectivity index is 1.72. The average molecular weight is 510 g/mol. The van der Waals surface area contributed by atoms with Gasteiger partial charge in [0.15, 0.2) is 11.0 Å². The van der Waals surface area contributed by atoms with E-state index in [0.717, 1.165) is 22.4 Å². The molecular weight excluding hydrogens is 478 g/mol. The fourth-order valence-corrected chi connectivity index (χ4v) is 4.58. The van der Waals surface area contributed by atoms with Crippen LogP contribution in [0, 0.1) is 20.8 Å². The van der Waals surface area contributed by atoms with E-state index in [9.17, 15) is 14.7 Å². The van der Waals surface area contributed by atoms with Gasteiger partial charge < -0.3 is 25.0 Å². The lowest BCUT2D eigenvalue weighted by Gasteiger charge is -2.17. The van der Waals surface area contributed by atoms with Crippen LogP contribution in [0.1, 0.15) is 38.9 Å². The summed E-state index contributed by atoms with van der Waals surface area (Å²) in [6, 6.07) is 9.89. The number of carbonyl (C=O) groups excluding carboxylic acids is 2. The monoisotopic (exact) mass is 509 g/mol. The van der Waals surface area contributed by atoms with E-state index in [1.807, 2.05) is 32.9 Å². The highest BCUT2D eigenvalue weighted by Crippen LogP contribution is 2.24. The zero-order valence-corrected chi connectivity index (χ0v) is 21.7. The van der Waals surface area contributed by atoms with Gasteiger partial charge in [0.05, 0.1) is 19.5 Å². The van der Waals surface area contributed by atoms with Crippen LogP contribution in [0.5, 0.6) is 5.75 Å². The Kier molecular flexibility index (Phi) is 9.26. The molecule has 190 valence electrons. The molecule has 0 spiro atoms. The molecule has 0 bridgehead atoms. The molecule has 36 heavy (non-hydrogen) atoms. The molecule has 0 aliphatic rings. The summed E-state index contributed by atoms with van der Waals surface area (Å²) in [5.41, 5.74) is 4.36. The Morgan fingerprint density at radius 2 is 1.83 bits per heavy atom. The van der Waals surface area contributed by atoms with Gasteiger partial charge in [0.25, 0.3) is 5.91 Å². The predicted octanol–water partition coefficient (Wildman–Crippen LogP) is 3.59. The lowest BCUT2D eigenvalue weighted by molar-refractivity contribution is -0.113. The van der Waals surface area contributed by atoms with E-state index in [2.05, 4.69) is 27.4 Å². The van der Waals surface area contributed by atoms with Crippen molar-refractivity contribution in [2.24, 2.45) is 0 Å². The molecule has 0 aliphatic heterocycles. The van der Waals surface area contributed by atoms with E-state index in [1.54, 1.807) is 42.0 Å². The lowest BCUT2D eigenvalue weighted by Crippen LogP contribution is -2.33. The normalized spacial score (nSPS) is 11.6. The molecule has 2 amide bonds. The lowest BCUT2D eigenvalue weighted by atomic mass is 10.1. The first kappa shape index (κ1) is 27.0. The highest BCUT2D eigenvalue weighted by molar-refractivity contribution is 7.99. The van der Waals surface area contributed by atoms with Crippen molar-refractivity contribution in [3.8, 4) is 5.75 Å². The van der Waals surface area contributed by atoms with Crippen LogP contribution in [0.4, 0.5) is 5.69 Å². The van der Waals surface area contributed by atoms with Gasteiger partial charge in [-0.1, -0.05) is 35.5 Å². The van der Waals surface area contributed by atoms with Gasteiger partial charge in [-0.2, -0.15) is 0 Å². The molecular formula is C26H31N5O4S. The zero-order valence-electron chi connectivity index (χ0n) is 20.9. The number of ether oxygens (including phenoxy) is 1. The van der Waals surface area contributed by atoms with Gasteiger partial charge in [-0.3, -0.25) is 9.59 Å². The minimum Gasteiger partial charge on any atom is -0.497 e. The first-order valence-corrected chi connectivity index (χ1v) is 12.4. The van der Waals surface area contributed by atoms with Gasteiger partial charge in [0.2, 0.25) is 5.91 Å². The average Bonchev–Trinajstić information content (AvgIpc) is 3.25. The third-order valence-electron chi connectivity index (χ3n) is 5.48. The van der Waals surface area contributed by atoms with Crippen LogP contribution < -0.4 is 15.4 Å². The number of aryl methyl sites for hydroxylation is 3. The second-order valence-electron chi connectivity index (χ2n) is 8.29. The maximum absolute atomic E-state index is 12.7. The third kappa shape index (κ3) is 6.52. The van der Waals surface area contributed by atoms with Crippen LogP contribution in [0.25, 0.3) is 0 Å². The molecule has 1 aromatic heterocycles. The number of methoxy groups -OCH3 is 1. The molecule has 3 rings (SSSR count). The Bertz CT molecular complexity index is 1220. The number of thioether (sulfide) groups is 1. The SMILES string of the molecule is C=CCn1c(SCC(=O)Nc2c(C)cc(C)cc2C)nnc1[C@@H](CO)NC(=O)c1ccc(OC)cc1. The Hall–Kier alpha value is -3.63. The molecule has 10 heteroatoms. The third-order valence-corrected chi connectivity index (χ3v) is 6.45. The Labute approximate surface area is 215 Å². The molecule has 3 N–H and O–H groups in total. The molecule has 9 nitrogen and oxygen atoms in total. The summed E-state index contributed by atoms with van der Waals surface area (Å²) < 4.78 is 6.85. The number of rotatable bonds is 11. The van der Waals surface area contributed by atoms with Gasteiger partial charge in [-0.25, -0.2) is 0 Å². The Morgan fingerprint density at radius 3 is 2.42 bits per heavy atom. The molecule has 0 saturated carbocycles. The summed E-state index contributed by atoms with van der Waals surface area (Å²) in [5.74, 6) is 0.574. The van der Waals surface area contributed by atoms with E-state index in [-0.39, 0.29) is 24.2 Å². The second-order valence-corrected chi connectivity index (χ2v) is 9.23.